The molecule has 0 spiro atoms. The first-order valence-corrected chi connectivity index (χ1v) is 10.7. The maximum Gasteiger partial charge on any atom is 0.0632 e. The molecule has 2 aliphatic rings. The number of methoxy groups -OCH3 is 1. The summed E-state index contributed by atoms with van der Waals surface area (Å²) in [6.07, 6.45) is 13.8. The highest BCUT2D eigenvalue weighted by Gasteiger charge is 2.32. The van der Waals surface area contributed by atoms with Crippen molar-refractivity contribution in [3.63, 3.8) is 0 Å². The molecule has 0 saturated carbocycles. The highest BCUT2D eigenvalue weighted by Crippen LogP contribution is 2.34. The van der Waals surface area contributed by atoms with Gasteiger partial charge in [-0.05, 0) is 43.8 Å². The van der Waals surface area contributed by atoms with E-state index in [9.17, 15) is 0 Å². The van der Waals surface area contributed by atoms with E-state index in [0.29, 0.717) is 17.3 Å². The van der Waals surface area contributed by atoms with Crippen molar-refractivity contribution >= 4 is 23.5 Å². The van der Waals surface area contributed by atoms with E-state index in [-0.39, 0.29) is 0 Å². The second kappa shape index (κ2) is 9.38. The molecule has 1 N–H and O–H groups in total. The Labute approximate surface area is 144 Å². The van der Waals surface area contributed by atoms with Gasteiger partial charge in [-0.25, -0.2) is 10.4 Å². The van der Waals surface area contributed by atoms with Crippen molar-refractivity contribution in [1.82, 2.24) is 10.4 Å². The molecule has 3 nitrogen and oxygen atoms in total. The molecule has 1 aliphatic carbocycles. The van der Waals surface area contributed by atoms with E-state index in [2.05, 4.69) is 42.0 Å². The van der Waals surface area contributed by atoms with E-state index in [1.807, 2.05) is 23.5 Å². The average molecular weight is 343 g/mol. The number of ether oxygens (including phenoxy) is 1. The molecule has 3 atom stereocenters. The van der Waals surface area contributed by atoms with E-state index >= 15 is 0 Å². The molecule has 0 bridgehead atoms. The van der Waals surface area contributed by atoms with Gasteiger partial charge in [-0.3, -0.25) is 0 Å². The third kappa shape index (κ3) is 4.32. The zero-order valence-corrected chi connectivity index (χ0v) is 15.9. The third-order valence-electron chi connectivity index (χ3n) is 4.64. The Hall–Kier alpha value is 0.0600. The second-order valence-electron chi connectivity index (χ2n) is 5.93. The second-order valence-corrected chi connectivity index (χ2v) is 7.86. The minimum atomic E-state index is 0.426. The van der Waals surface area contributed by atoms with E-state index in [0.717, 1.165) is 19.6 Å². The fourth-order valence-corrected chi connectivity index (χ4v) is 4.99. The molecule has 3 unspecified atom stereocenters. The van der Waals surface area contributed by atoms with E-state index < -0.39 is 0 Å². The molecule has 1 aliphatic heterocycles. The number of hydrogen-bond acceptors (Lipinski definition) is 5. The van der Waals surface area contributed by atoms with Gasteiger partial charge in [0, 0.05) is 29.9 Å². The van der Waals surface area contributed by atoms with Gasteiger partial charge >= 0.3 is 0 Å². The standard InChI is InChI=1S/C17H30N2OS2/c1-5-15(21-3)17(14-9-6-10-16(14)22-4)18-19-11-7-8-13(19)12-20-2/h6,10,13,15,17-18H,5,7-9,11-12H2,1-4H3. The molecule has 1 heterocycles. The van der Waals surface area contributed by atoms with Gasteiger partial charge in [0.1, 0.15) is 0 Å². The maximum atomic E-state index is 5.40. The fraction of sp³-hybridized carbons (Fsp3) is 0.765. The smallest absolute Gasteiger partial charge is 0.0632 e. The van der Waals surface area contributed by atoms with Crippen molar-refractivity contribution in [2.75, 3.05) is 32.8 Å². The molecule has 1 fully saturated rings. The van der Waals surface area contributed by atoms with Gasteiger partial charge in [0.05, 0.1) is 12.6 Å². The summed E-state index contributed by atoms with van der Waals surface area (Å²) in [5.41, 5.74) is 5.45. The molecule has 0 aromatic rings. The number of nitrogens with one attached hydrogen (secondary N) is 1. The van der Waals surface area contributed by atoms with E-state index in [1.165, 1.54) is 24.2 Å². The van der Waals surface area contributed by atoms with Crippen LogP contribution in [0.1, 0.15) is 32.6 Å². The van der Waals surface area contributed by atoms with Crippen molar-refractivity contribution in [2.45, 2.75) is 49.9 Å². The third-order valence-corrected chi connectivity index (χ3v) is 6.69. The summed E-state index contributed by atoms with van der Waals surface area (Å²) in [5, 5.41) is 3.05. The molecular weight excluding hydrogens is 312 g/mol. The molecule has 1 saturated heterocycles. The van der Waals surface area contributed by atoms with E-state index in [4.69, 9.17) is 4.74 Å². The number of hydrazine groups is 1. The first-order valence-electron chi connectivity index (χ1n) is 8.23. The van der Waals surface area contributed by atoms with Crippen LogP contribution >= 0.6 is 23.5 Å². The van der Waals surface area contributed by atoms with Crippen LogP contribution in [0, 0.1) is 0 Å². The SMILES string of the molecule is CCC(SC)C(NN1CCCC1COC)C1=C(SC)C=CC1. The van der Waals surface area contributed by atoms with Gasteiger partial charge in [-0.1, -0.05) is 19.1 Å². The van der Waals surface area contributed by atoms with Gasteiger partial charge in [0.25, 0.3) is 0 Å². The topological polar surface area (TPSA) is 24.5 Å². The lowest BCUT2D eigenvalue weighted by Gasteiger charge is -2.35. The Bertz CT molecular complexity index is 407. The Morgan fingerprint density at radius 1 is 1.45 bits per heavy atom. The van der Waals surface area contributed by atoms with Crippen molar-refractivity contribution in [2.24, 2.45) is 0 Å². The summed E-state index contributed by atoms with van der Waals surface area (Å²) < 4.78 is 5.40. The highest BCUT2D eigenvalue weighted by atomic mass is 32.2. The maximum absolute atomic E-state index is 5.40. The van der Waals surface area contributed by atoms with Crippen LogP contribution in [0.5, 0.6) is 0 Å². The van der Waals surface area contributed by atoms with Crippen LogP contribution in [-0.2, 0) is 4.74 Å². The zero-order valence-electron chi connectivity index (χ0n) is 14.3. The number of allylic oxidation sites excluding steroid dienone is 2. The normalized spacial score (nSPS) is 25.2. The van der Waals surface area contributed by atoms with Crippen LogP contribution in [0.3, 0.4) is 0 Å². The fourth-order valence-electron chi connectivity index (χ4n) is 3.45. The minimum absolute atomic E-state index is 0.426. The molecule has 126 valence electrons. The van der Waals surface area contributed by atoms with Crippen LogP contribution in [-0.4, -0.2) is 55.1 Å². The number of thioether (sulfide) groups is 2. The molecule has 0 aromatic carbocycles. The molecule has 0 radical (unpaired) electrons. The van der Waals surface area contributed by atoms with Crippen molar-refractivity contribution in [3.8, 4) is 0 Å². The lowest BCUT2D eigenvalue weighted by molar-refractivity contribution is 0.0745. The largest absolute Gasteiger partial charge is 0.383 e. The molecule has 22 heavy (non-hydrogen) atoms. The van der Waals surface area contributed by atoms with Crippen LogP contribution in [0.25, 0.3) is 0 Å². The van der Waals surface area contributed by atoms with Gasteiger partial charge in [-0.2, -0.15) is 11.8 Å². The first kappa shape index (κ1) is 18.4. The quantitative estimate of drug-likeness (QED) is 0.689. The zero-order chi connectivity index (χ0) is 15.9. The Morgan fingerprint density at radius 3 is 2.91 bits per heavy atom. The molecule has 5 heteroatoms. The van der Waals surface area contributed by atoms with Gasteiger partial charge < -0.3 is 4.74 Å². The lowest BCUT2D eigenvalue weighted by atomic mass is 10.0. The molecular formula is C17H30N2OS2. The number of rotatable bonds is 9. The Kier molecular flexibility index (Phi) is 7.84. The van der Waals surface area contributed by atoms with Crippen molar-refractivity contribution < 1.29 is 4.74 Å². The summed E-state index contributed by atoms with van der Waals surface area (Å²) in [4.78, 5) is 1.45. The molecule has 2 rings (SSSR count). The predicted molar refractivity (Wildman–Crippen MR) is 100 cm³/mol. The van der Waals surface area contributed by atoms with Gasteiger partial charge in [0.2, 0.25) is 0 Å². The Balaban J connectivity index is 2.15. The number of hydrogen-bond donors (Lipinski definition) is 1. The summed E-state index contributed by atoms with van der Waals surface area (Å²) in [5.74, 6) is 0. The summed E-state index contributed by atoms with van der Waals surface area (Å²) in [7, 11) is 1.81. The van der Waals surface area contributed by atoms with Crippen LogP contribution in [0.2, 0.25) is 0 Å². The molecule has 0 amide bonds. The minimum Gasteiger partial charge on any atom is -0.383 e. The molecule has 0 aromatic heterocycles. The summed E-state index contributed by atoms with van der Waals surface area (Å²) in [6, 6.07) is 0.939. The average Bonchev–Trinajstić information content (AvgIpc) is 3.16. The Morgan fingerprint density at radius 2 is 2.27 bits per heavy atom. The van der Waals surface area contributed by atoms with Crippen LogP contribution in [0.15, 0.2) is 22.6 Å². The number of nitrogens with zero attached hydrogens (tertiary/aromatic N) is 1. The monoisotopic (exact) mass is 342 g/mol. The van der Waals surface area contributed by atoms with Crippen LogP contribution in [0.4, 0.5) is 0 Å². The first-order chi connectivity index (χ1) is 10.7. The van der Waals surface area contributed by atoms with Gasteiger partial charge in [0.15, 0.2) is 0 Å². The van der Waals surface area contributed by atoms with Gasteiger partial charge in [-0.15, -0.1) is 11.8 Å². The predicted octanol–water partition coefficient (Wildman–Crippen LogP) is 3.69. The van der Waals surface area contributed by atoms with Crippen LogP contribution < -0.4 is 5.43 Å². The lowest BCUT2D eigenvalue weighted by Crippen LogP contribution is -2.52. The van der Waals surface area contributed by atoms with Crippen molar-refractivity contribution in [1.29, 1.82) is 0 Å². The van der Waals surface area contributed by atoms with Crippen molar-refractivity contribution in [3.05, 3.63) is 22.6 Å². The highest BCUT2D eigenvalue weighted by molar-refractivity contribution is 8.02. The van der Waals surface area contributed by atoms with E-state index in [1.54, 1.807) is 12.7 Å². The summed E-state index contributed by atoms with van der Waals surface area (Å²) in [6.45, 7) is 4.25. The summed E-state index contributed by atoms with van der Waals surface area (Å²) >= 11 is 3.86.